The molecule has 0 fully saturated rings. The van der Waals surface area contributed by atoms with Gasteiger partial charge in [-0.1, -0.05) is 18.2 Å². The molecule has 0 spiro atoms. The van der Waals surface area contributed by atoms with Gasteiger partial charge in [-0.2, -0.15) is 0 Å². The number of nitrogens with zero attached hydrogens (tertiary/aromatic N) is 1. The van der Waals surface area contributed by atoms with Crippen LogP contribution in [0.1, 0.15) is 0 Å². The van der Waals surface area contributed by atoms with E-state index in [0.717, 1.165) is 5.69 Å². The van der Waals surface area contributed by atoms with Crippen LogP contribution in [0.3, 0.4) is 0 Å². The number of benzene rings is 1. The van der Waals surface area contributed by atoms with Crippen molar-refractivity contribution in [3.63, 3.8) is 0 Å². The predicted molar refractivity (Wildman–Crippen MR) is 50.3 cm³/mol. The summed E-state index contributed by atoms with van der Waals surface area (Å²) in [6.45, 7) is 0. The van der Waals surface area contributed by atoms with E-state index in [9.17, 15) is 0 Å². The molecule has 1 rings (SSSR count). The van der Waals surface area contributed by atoms with E-state index in [1.54, 1.807) is 14.1 Å². The van der Waals surface area contributed by atoms with Crippen molar-refractivity contribution in [3.05, 3.63) is 30.3 Å². The first-order valence-electron chi connectivity index (χ1n) is 3.80. The highest BCUT2D eigenvalue weighted by Crippen LogP contribution is 2.17. The first kappa shape index (κ1) is 9.25. The third-order valence-electron chi connectivity index (χ3n) is 2.00. The van der Waals surface area contributed by atoms with Gasteiger partial charge in [0.1, 0.15) is 5.69 Å². The molecule has 0 saturated heterocycles. The molecule has 0 aliphatic rings. The van der Waals surface area contributed by atoms with Crippen LogP contribution in [0.25, 0.3) is 0 Å². The molecule has 12 heavy (non-hydrogen) atoms. The molecule has 3 nitrogen and oxygen atoms in total. The van der Waals surface area contributed by atoms with Gasteiger partial charge in [-0.05, 0) is 12.1 Å². The molecule has 1 aromatic rings. The van der Waals surface area contributed by atoms with Crippen LogP contribution in [0.15, 0.2) is 30.3 Å². The van der Waals surface area contributed by atoms with E-state index in [-0.39, 0.29) is 4.39 Å². The van der Waals surface area contributed by atoms with Crippen molar-refractivity contribution < 1.29 is 10.0 Å². The summed E-state index contributed by atoms with van der Waals surface area (Å²) in [5.41, 5.74) is 0.868. The second-order valence-corrected chi connectivity index (χ2v) is 3.22. The molecule has 0 aliphatic carbocycles. The van der Waals surface area contributed by atoms with Crippen LogP contribution in [0.4, 0.5) is 5.69 Å². The van der Waals surface area contributed by atoms with E-state index in [2.05, 4.69) is 0 Å². The number of hydrogen-bond donors (Lipinski definition) is 2. The first-order valence-corrected chi connectivity index (χ1v) is 3.80. The van der Waals surface area contributed by atoms with Crippen molar-refractivity contribution in [3.8, 4) is 0 Å². The van der Waals surface area contributed by atoms with Gasteiger partial charge in [-0.3, -0.25) is 0 Å². The molecular formula is C8H13BNO2+. The average molecular weight is 166 g/mol. The zero-order valence-electron chi connectivity index (χ0n) is 7.31. The summed E-state index contributed by atoms with van der Waals surface area (Å²) in [5, 5.41) is 18.1. The van der Waals surface area contributed by atoms with E-state index in [0.29, 0.717) is 0 Å². The van der Waals surface area contributed by atoms with Gasteiger partial charge >= 0.3 is 7.25 Å². The zero-order valence-corrected chi connectivity index (χ0v) is 7.31. The maximum absolute atomic E-state index is 9.06. The van der Waals surface area contributed by atoms with Gasteiger partial charge in [0.15, 0.2) is 0 Å². The summed E-state index contributed by atoms with van der Waals surface area (Å²) in [6.07, 6.45) is 0. The lowest BCUT2D eigenvalue weighted by molar-refractivity contribution is 0.322. The topological polar surface area (TPSA) is 40.5 Å². The van der Waals surface area contributed by atoms with Crippen LogP contribution in [-0.4, -0.2) is 31.4 Å². The highest BCUT2D eigenvalue weighted by molar-refractivity contribution is 6.42. The molecule has 0 amide bonds. The molecule has 0 unspecified atom stereocenters. The molecule has 0 atom stereocenters. The van der Waals surface area contributed by atoms with Gasteiger partial charge in [0.05, 0.1) is 14.1 Å². The van der Waals surface area contributed by atoms with Crippen molar-refractivity contribution >= 4 is 12.9 Å². The molecule has 4 heteroatoms. The Bertz CT molecular complexity index is 248. The Morgan fingerprint density at radius 2 is 1.58 bits per heavy atom. The van der Waals surface area contributed by atoms with Gasteiger partial charge in [0, 0.05) is 0 Å². The summed E-state index contributed by atoms with van der Waals surface area (Å²) >= 11 is 0. The molecule has 0 heterocycles. The van der Waals surface area contributed by atoms with Crippen molar-refractivity contribution in [2.24, 2.45) is 0 Å². The molecule has 0 aromatic heterocycles. The van der Waals surface area contributed by atoms with Crippen molar-refractivity contribution in [2.45, 2.75) is 0 Å². The van der Waals surface area contributed by atoms with Crippen molar-refractivity contribution in [2.75, 3.05) is 14.1 Å². The summed E-state index contributed by atoms with van der Waals surface area (Å²) in [6, 6.07) is 9.36. The van der Waals surface area contributed by atoms with Crippen LogP contribution in [0.5, 0.6) is 0 Å². The van der Waals surface area contributed by atoms with E-state index in [1.165, 1.54) is 0 Å². The first-order chi connectivity index (χ1) is 5.55. The van der Waals surface area contributed by atoms with E-state index < -0.39 is 7.25 Å². The van der Waals surface area contributed by atoms with Gasteiger partial charge in [0.2, 0.25) is 0 Å². The second-order valence-electron chi connectivity index (χ2n) is 3.22. The molecule has 2 N–H and O–H groups in total. The Kier molecular flexibility index (Phi) is 2.52. The molecule has 0 radical (unpaired) electrons. The number of rotatable bonds is 2. The van der Waals surface area contributed by atoms with E-state index >= 15 is 0 Å². The zero-order chi connectivity index (χ0) is 9.19. The Hall–Kier alpha value is -0.835. The van der Waals surface area contributed by atoms with Gasteiger partial charge in [-0.25, -0.2) is 0 Å². The van der Waals surface area contributed by atoms with Crippen LogP contribution in [-0.2, 0) is 0 Å². The maximum Gasteiger partial charge on any atom is 0.759 e. The monoisotopic (exact) mass is 166 g/mol. The van der Waals surface area contributed by atoms with Crippen molar-refractivity contribution in [1.82, 2.24) is 4.39 Å². The van der Waals surface area contributed by atoms with Crippen LogP contribution in [0, 0.1) is 0 Å². The molecule has 64 valence electrons. The van der Waals surface area contributed by atoms with Crippen LogP contribution >= 0.6 is 0 Å². The largest absolute Gasteiger partial charge is 0.759 e. The lowest BCUT2D eigenvalue weighted by Crippen LogP contribution is -2.54. The normalized spacial score (nSPS) is 11.3. The summed E-state index contributed by atoms with van der Waals surface area (Å²) in [4.78, 5) is 0. The fourth-order valence-electron chi connectivity index (χ4n) is 0.946. The van der Waals surface area contributed by atoms with Gasteiger partial charge in [-0.15, -0.1) is 0 Å². The van der Waals surface area contributed by atoms with E-state index in [4.69, 9.17) is 10.0 Å². The number of quaternary nitrogens is 1. The minimum absolute atomic E-state index is 0.0564. The lowest BCUT2D eigenvalue weighted by Gasteiger charge is -2.27. The summed E-state index contributed by atoms with van der Waals surface area (Å²) in [7, 11) is 2.09. The third kappa shape index (κ3) is 1.66. The minimum atomic E-state index is -1.38. The quantitative estimate of drug-likeness (QED) is 0.617. The highest BCUT2D eigenvalue weighted by atomic mass is 16.4. The highest BCUT2D eigenvalue weighted by Gasteiger charge is 2.36. The maximum atomic E-state index is 9.06. The smallest absolute Gasteiger partial charge is 0.370 e. The summed E-state index contributed by atoms with van der Waals surface area (Å²) < 4.78 is 0.0564. The molecule has 1 aromatic carbocycles. The molecule has 0 aliphatic heterocycles. The van der Waals surface area contributed by atoms with Crippen molar-refractivity contribution in [1.29, 1.82) is 0 Å². The minimum Gasteiger partial charge on any atom is -0.370 e. The van der Waals surface area contributed by atoms with E-state index in [1.807, 2.05) is 30.3 Å². The summed E-state index contributed by atoms with van der Waals surface area (Å²) in [5.74, 6) is 0. The number of hydrogen-bond acceptors (Lipinski definition) is 2. The average Bonchev–Trinajstić information content (AvgIpc) is 2.06. The molecule has 0 bridgehead atoms. The van der Waals surface area contributed by atoms with Gasteiger partial charge < -0.3 is 14.4 Å². The Labute approximate surface area is 72.6 Å². The van der Waals surface area contributed by atoms with Crippen LogP contribution in [0.2, 0.25) is 0 Å². The molecule has 0 saturated carbocycles. The fourth-order valence-corrected chi connectivity index (χ4v) is 0.946. The standard InChI is InChI=1S/C8H13BNO2/c1-10(2,9(11)12)8-6-4-3-5-7-8/h3-7,11-12H,1-2H3/q+1. The third-order valence-corrected chi connectivity index (χ3v) is 2.00. The SMILES string of the molecule is C[N+](C)(B(O)O)c1ccccc1. The van der Waals surface area contributed by atoms with Gasteiger partial charge in [0.25, 0.3) is 0 Å². The Morgan fingerprint density at radius 3 is 2.00 bits per heavy atom. The predicted octanol–water partition coefficient (Wildman–Crippen LogP) is 0.223. The number of para-hydroxylation sites is 1. The fraction of sp³-hybridized carbons (Fsp3) is 0.250. The Morgan fingerprint density at radius 1 is 1.08 bits per heavy atom. The lowest BCUT2D eigenvalue weighted by atomic mass is 10.0. The Balaban J connectivity index is 2.98. The van der Waals surface area contributed by atoms with Crippen LogP contribution < -0.4 is 4.39 Å². The molecular weight excluding hydrogens is 153 g/mol. The second kappa shape index (κ2) is 3.27.